The zero-order chi connectivity index (χ0) is 13.9. The molecule has 0 aliphatic carbocycles. The van der Waals surface area contributed by atoms with E-state index in [0.29, 0.717) is 13.2 Å². The highest BCUT2D eigenvalue weighted by Gasteiger charge is 2.22. The Morgan fingerprint density at radius 3 is 2.80 bits per heavy atom. The van der Waals surface area contributed by atoms with Crippen molar-refractivity contribution in [1.29, 1.82) is 0 Å². The van der Waals surface area contributed by atoms with Crippen molar-refractivity contribution in [2.45, 2.75) is 26.1 Å². The van der Waals surface area contributed by atoms with Crippen molar-refractivity contribution in [2.24, 2.45) is 0 Å². The summed E-state index contributed by atoms with van der Waals surface area (Å²) in [7, 11) is 0. The second-order valence-corrected chi connectivity index (χ2v) is 5.31. The molecule has 0 amide bonds. The molecule has 2 aromatic carbocycles. The first-order chi connectivity index (χ1) is 9.70. The monoisotopic (exact) mass is 269 g/mol. The van der Waals surface area contributed by atoms with E-state index in [9.17, 15) is 0 Å². The van der Waals surface area contributed by atoms with Gasteiger partial charge < -0.3 is 15.2 Å². The number of aryl methyl sites for hydroxylation is 1. The third-order valence-corrected chi connectivity index (χ3v) is 3.51. The van der Waals surface area contributed by atoms with Crippen LogP contribution in [0.5, 0.6) is 5.75 Å². The van der Waals surface area contributed by atoms with E-state index in [-0.39, 0.29) is 6.10 Å². The fourth-order valence-electron chi connectivity index (χ4n) is 2.46. The number of hydrogen-bond acceptors (Lipinski definition) is 3. The Hall–Kier alpha value is -2.00. The highest BCUT2D eigenvalue weighted by molar-refractivity contribution is 5.40. The number of benzene rings is 2. The molecule has 1 unspecified atom stereocenters. The maximum absolute atomic E-state index is 5.87. The molecule has 1 heterocycles. The van der Waals surface area contributed by atoms with Crippen molar-refractivity contribution in [3.05, 3.63) is 59.2 Å². The second kappa shape index (κ2) is 5.55. The first-order valence-corrected chi connectivity index (χ1v) is 6.89. The number of ether oxygens (including phenoxy) is 2. The molecule has 104 valence electrons. The molecule has 20 heavy (non-hydrogen) atoms. The maximum Gasteiger partial charge on any atom is 0.126 e. The van der Waals surface area contributed by atoms with Crippen LogP contribution in [0.25, 0.3) is 0 Å². The molecule has 3 nitrogen and oxygen atoms in total. The Kier molecular flexibility index (Phi) is 3.61. The zero-order valence-electron chi connectivity index (χ0n) is 11.6. The quantitative estimate of drug-likeness (QED) is 0.867. The van der Waals surface area contributed by atoms with E-state index in [2.05, 4.69) is 19.1 Å². The zero-order valence-corrected chi connectivity index (χ0v) is 11.6. The Balaban J connectivity index is 1.50. The van der Waals surface area contributed by atoms with E-state index < -0.39 is 0 Å². The number of nitrogens with two attached hydrogens (primary N) is 1. The van der Waals surface area contributed by atoms with E-state index in [1.165, 1.54) is 11.1 Å². The minimum Gasteiger partial charge on any atom is -0.487 e. The lowest BCUT2D eigenvalue weighted by Crippen LogP contribution is -2.20. The summed E-state index contributed by atoms with van der Waals surface area (Å²) < 4.78 is 11.6. The van der Waals surface area contributed by atoms with E-state index >= 15 is 0 Å². The van der Waals surface area contributed by atoms with Crippen LogP contribution in [0.2, 0.25) is 0 Å². The fraction of sp³-hybridized carbons (Fsp3) is 0.294. The number of rotatable bonds is 4. The molecule has 1 aliphatic heterocycles. The number of nitrogen functional groups attached to an aromatic ring is 1. The number of hydrogen-bond donors (Lipinski definition) is 1. The molecule has 3 heteroatoms. The van der Waals surface area contributed by atoms with Crippen LogP contribution in [0.3, 0.4) is 0 Å². The van der Waals surface area contributed by atoms with Crippen LogP contribution in [-0.2, 0) is 17.8 Å². The molecule has 0 saturated heterocycles. The summed E-state index contributed by atoms with van der Waals surface area (Å²) in [6.07, 6.45) is 1.05. The van der Waals surface area contributed by atoms with E-state index in [1.807, 2.05) is 30.3 Å². The van der Waals surface area contributed by atoms with Gasteiger partial charge >= 0.3 is 0 Å². The van der Waals surface area contributed by atoms with Crippen LogP contribution in [0.4, 0.5) is 5.69 Å². The van der Waals surface area contributed by atoms with Gasteiger partial charge in [-0.15, -0.1) is 0 Å². The average Bonchev–Trinajstić information content (AvgIpc) is 2.83. The van der Waals surface area contributed by atoms with Gasteiger partial charge in [-0.2, -0.15) is 0 Å². The topological polar surface area (TPSA) is 44.5 Å². The maximum atomic E-state index is 5.87. The van der Waals surface area contributed by atoms with Gasteiger partial charge in [-0.25, -0.2) is 0 Å². The second-order valence-electron chi connectivity index (χ2n) is 5.31. The van der Waals surface area contributed by atoms with Gasteiger partial charge in [0.1, 0.15) is 11.9 Å². The van der Waals surface area contributed by atoms with Crippen LogP contribution in [-0.4, -0.2) is 12.7 Å². The summed E-state index contributed by atoms with van der Waals surface area (Å²) in [5, 5.41) is 0. The molecule has 3 rings (SSSR count). The first-order valence-electron chi connectivity index (χ1n) is 6.89. The normalized spacial score (nSPS) is 16.8. The summed E-state index contributed by atoms with van der Waals surface area (Å²) in [4.78, 5) is 0. The minimum atomic E-state index is 0.126. The number of fused-ring (bicyclic) bond motifs is 1. The predicted molar refractivity (Wildman–Crippen MR) is 79.8 cm³/mol. The highest BCUT2D eigenvalue weighted by atomic mass is 16.5. The molecule has 0 saturated carbocycles. The van der Waals surface area contributed by atoms with Gasteiger partial charge in [0.15, 0.2) is 0 Å². The molecule has 0 radical (unpaired) electrons. The van der Waals surface area contributed by atoms with Gasteiger partial charge in [0.2, 0.25) is 0 Å². The van der Waals surface area contributed by atoms with Crippen molar-refractivity contribution in [2.75, 3.05) is 12.3 Å². The van der Waals surface area contributed by atoms with Gasteiger partial charge in [-0.1, -0.05) is 29.8 Å². The standard InChI is InChI=1S/C17H19NO2/c1-12-2-7-17-14(8-12)9-16(20-17)11-19-10-13-3-5-15(18)6-4-13/h2-8,16H,9-11,18H2,1H3. The predicted octanol–water partition coefficient (Wildman–Crippen LogP) is 3.10. The van der Waals surface area contributed by atoms with E-state index in [1.54, 1.807) is 0 Å². The largest absolute Gasteiger partial charge is 0.487 e. The van der Waals surface area contributed by atoms with Crippen molar-refractivity contribution >= 4 is 5.69 Å². The third-order valence-electron chi connectivity index (χ3n) is 3.51. The Morgan fingerprint density at radius 1 is 1.20 bits per heavy atom. The van der Waals surface area contributed by atoms with Gasteiger partial charge in [0.25, 0.3) is 0 Å². The van der Waals surface area contributed by atoms with Crippen LogP contribution < -0.4 is 10.5 Å². The lowest BCUT2D eigenvalue weighted by atomic mass is 10.1. The Morgan fingerprint density at radius 2 is 2.00 bits per heavy atom. The summed E-state index contributed by atoms with van der Waals surface area (Å²) in [6, 6.07) is 14.1. The Labute approximate surface area is 119 Å². The van der Waals surface area contributed by atoms with Crippen molar-refractivity contribution in [1.82, 2.24) is 0 Å². The Bertz CT molecular complexity index is 592. The summed E-state index contributed by atoms with van der Waals surface area (Å²) in [6.45, 7) is 3.30. The molecule has 0 aromatic heterocycles. The molecule has 1 atom stereocenters. The molecule has 1 aliphatic rings. The third kappa shape index (κ3) is 2.94. The molecule has 2 aromatic rings. The van der Waals surface area contributed by atoms with Crippen molar-refractivity contribution < 1.29 is 9.47 Å². The van der Waals surface area contributed by atoms with Crippen LogP contribution in [0.15, 0.2) is 42.5 Å². The summed E-state index contributed by atoms with van der Waals surface area (Å²) in [5.74, 6) is 0.997. The smallest absolute Gasteiger partial charge is 0.126 e. The molecular formula is C17H19NO2. The van der Waals surface area contributed by atoms with Gasteiger partial charge in [0.05, 0.1) is 13.2 Å². The van der Waals surface area contributed by atoms with E-state index in [4.69, 9.17) is 15.2 Å². The van der Waals surface area contributed by atoms with E-state index in [0.717, 1.165) is 23.4 Å². The van der Waals surface area contributed by atoms with Crippen molar-refractivity contribution in [3.8, 4) is 5.75 Å². The minimum absolute atomic E-state index is 0.126. The van der Waals surface area contributed by atoms with Crippen LogP contribution in [0.1, 0.15) is 16.7 Å². The molecular weight excluding hydrogens is 250 g/mol. The SMILES string of the molecule is Cc1ccc2c(c1)CC(COCc1ccc(N)cc1)O2. The number of anilines is 1. The molecule has 0 spiro atoms. The van der Waals surface area contributed by atoms with Gasteiger partial charge in [0, 0.05) is 12.1 Å². The molecule has 2 N–H and O–H groups in total. The van der Waals surface area contributed by atoms with Crippen LogP contribution >= 0.6 is 0 Å². The fourth-order valence-corrected chi connectivity index (χ4v) is 2.46. The first kappa shape index (κ1) is 13.0. The lowest BCUT2D eigenvalue weighted by Gasteiger charge is -2.11. The highest BCUT2D eigenvalue weighted by Crippen LogP contribution is 2.29. The average molecular weight is 269 g/mol. The summed E-state index contributed by atoms with van der Waals surface area (Å²) >= 11 is 0. The molecule has 0 bridgehead atoms. The molecule has 0 fully saturated rings. The van der Waals surface area contributed by atoms with Crippen molar-refractivity contribution in [3.63, 3.8) is 0 Å². The summed E-state index contributed by atoms with van der Waals surface area (Å²) in [5.41, 5.74) is 10.1. The van der Waals surface area contributed by atoms with Crippen LogP contribution in [0, 0.1) is 6.92 Å². The van der Waals surface area contributed by atoms with Gasteiger partial charge in [-0.05, 0) is 36.2 Å². The lowest BCUT2D eigenvalue weighted by molar-refractivity contribution is 0.0510. The van der Waals surface area contributed by atoms with Gasteiger partial charge in [-0.3, -0.25) is 0 Å².